The second-order valence-corrected chi connectivity index (χ2v) is 3.38. The van der Waals surface area contributed by atoms with E-state index in [4.69, 9.17) is 5.11 Å². The molecule has 0 saturated heterocycles. The predicted molar refractivity (Wildman–Crippen MR) is 54.9 cm³/mol. The number of aromatic nitrogens is 2. The number of aliphatic carboxylic acids is 1. The summed E-state index contributed by atoms with van der Waals surface area (Å²) in [7, 11) is 1.69. The minimum absolute atomic E-state index is 0.0809. The van der Waals surface area contributed by atoms with E-state index in [2.05, 4.69) is 5.10 Å². The zero-order valence-corrected chi connectivity index (χ0v) is 8.15. The fourth-order valence-electron chi connectivity index (χ4n) is 1.74. The molecule has 0 saturated carbocycles. The zero-order chi connectivity index (χ0) is 11.0. The van der Waals surface area contributed by atoms with E-state index < -0.39 is 5.97 Å². The molecule has 78 valence electrons. The van der Waals surface area contributed by atoms with Gasteiger partial charge >= 0.3 is 5.97 Å². The van der Waals surface area contributed by atoms with Gasteiger partial charge in [-0.2, -0.15) is 0 Å². The summed E-state index contributed by atoms with van der Waals surface area (Å²) in [5.41, 5.74) is 1.10. The lowest BCUT2D eigenvalue weighted by molar-refractivity contribution is -0.136. The number of carbonyl (C=O) groups is 1. The van der Waals surface area contributed by atoms with Crippen LogP contribution in [0.4, 0.5) is 0 Å². The average molecular weight is 206 g/mol. The molecule has 1 aromatic heterocycles. The molecule has 0 amide bonds. The molecule has 0 bridgehead atoms. The van der Waals surface area contributed by atoms with Crippen LogP contribution in [-0.2, 0) is 18.3 Å². The highest BCUT2D eigenvalue weighted by atomic mass is 16.4. The Hall–Kier alpha value is -2.04. The summed E-state index contributed by atoms with van der Waals surface area (Å²) in [5, 5.41) is 11.8. The number of benzene rings is 1. The van der Waals surface area contributed by atoms with Gasteiger partial charge in [0.2, 0.25) is 0 Å². The third-order valence-electron chi connectivity index (χ3n) is 2.31. The first-order valence-electron chi connectivity index (χ1n) is 4.48. The maximum atomic E-state index is 11.4. The average Bonchev–Trinajstić information content (AvgIpc) is 2.43. The van der Waals surface area contributed by atoms with Crippen molar-refractivity contribution in [1.82, 2.24) is 9.78 Å². The molecule has 0 aliphatic heterocycles. The maximum absolute atomic E-state index is 11.4. The molecule has 0 spiro atoms. The van der Waals surface area contributed by atoms with Gasteiger partial charge in [-0.1, -0.05) is 12.1 Å². The number of aryl methyl sites for hydroxylation is 1. The van der Waals surface area contributed by atoms with Crippen LogP contribution in [0.5, 0.6) is 0 Å². The van der Waals surface area contributed by atoms with Crippen molar-refractivity contribution in [2.45, 2.75) is 6.42 Å². The van der Waals surface area contributed by atoms with Gasteiger partial charge in [-0.3, -0.25) is 19.4 Å². The van der Waals surface area contributed by atoms with E-state index in [1.165, 1.54) is 0 Å². The molecule has 2 aromatic rings. The van der Waals surface area contributed by atoms with Crippen molar-refractivity contribution >= 4 is 16.9 Å². The highest BCUT2D eigenvalue weighted by Crippen LogP contribution is 2.15. The summed E-state index contributed by atoms with van der Waals surface area (Å²) in [6.45, 7) is 0. The van der Waals surface area contributed by atoms with E-state index in [0.29, 0.717) is 16.5 Å². The van der Waals surface area contributed by atoms with Gasteiger partial charge in [0, 0.05) is 7.05 Å². The number of rotatable bonds is 2. The van der Waals surface area contributed by atoms with Crippen LogP contribution in [0.25, 0.3) is 10.9 Å². The second kappa shape index (κ2) is 3.27. The third kappa shape index (κ3) is 1.52. The van der Waals surface area contributed by atoms with Crippen molar-refractivity contribution in [3.05, 3.63) is 34.1 Å². The number of carboxylic acids is 1. The van der Waals surface area contributed by atoms with E-state index >= 15 is 0 Å². The van der Waals surface area contributed by atoms with Gasteiger partial charge in [0.25, 0.3) is 5.56 Å². The topological polar surface area (TPSA) is 75.1 Å². The molecule has 2 rings (SSSR count). The number of para-hydroxylation sites is 1. The van der Waals surface area contributed by atoms with Gasteiger partial charge in [-0.05, 0) is 11.6 Å². The second-order valence-electron chi connectivity index (χ2n) is 3.38. The molecule has 2 N–H and O–H groups in total. The molecule has 0 atom stereocenters. The standard InChI is InChI=1S/C10H10N2O3/c1-12-9-6(5-8(13)14)3-2-4-7(9)10(15)11-12/h2-4H,5H2,1H3,(H,11,15)(H,13,14). The van der Waals surface area contributed by atoms with Crippen LogP contribution in [0, 0.1) is 0 Å². The fourth-order valence-corrected chi connectivity index (χ4v) is 1.74. The first kappa shape index (κ1) is 9.51. The van der Waals surface area contributed by atoms with Crippen molar-refractivity contribution in [3.8, 4) is 0 Å². The molecule has 0 aliphatic rings. The summed E-state index contributed by atoms with van der Waals surface area (Å²) in [4.78, 5) is 22.0. The number of nitrogens with zero attached hydrogens (tertiary/aromatic N) is 1. The monoisotopic (exact) mass is 206 g/mol. The van der Waals surface area contributed by atoms with Crippen molar-refractivity contribution in [2.75, 3.05) is 0 Å². The van der Waals surface area contributed by atoms with Crippen molar-refractivity contribution < 1.29 is 9.90 Å². The summed E-state index contributed by atoms with van der Waals surface area (Å²) in [5.74, 6) is -0.906. The Bertz CT molecular complexity index is 580. The van der Waals surface area contributed by atoms with Crippen LogP contribution in [0.15, 0.2) is 23.0 Å². The Kier molecular flexibility index (Phi) is 2.07. The molecule has 0 aliphatic carbocycles. The van der Waals surface area contributed by atoms with Crippen LogP contribution < -0.4 is 5.56 Å². The third-order valence-corrected chi connectivity index (χ3v) is 2.31. The number of carboxylic acid groups (broad SMARTS) is 1. The minimum Gasteiger partial charge on any atom is -0.481 e. The van der Waals surface area contributed by atoms with Crippen LogP contribution in [-0.4, -0.2) is 20.9 Å². The number of nitrogens with one attached hydrogen (secondary N) is 1. The van der Waals surface area contributed by atoms with Crippen LogP contribution in [0.3, 0.4) is 0 Å². The first-order chi connectivity index (χ1) is 7.09. The first-order valence-corrected chi connectivity index (χ1v) is 4.48. The number of aromatic amines is 1. The Morgan fingerprint density at radius 1 is 1.53 bits per heavy atom. The molecule has 15 heavy (non-hydrogen) atoms. The quantitative estimate of drug-likeness (QED) is 0.751. The number of fused-ring (bicyclic) bond motifs is 1. The molecule has 5 nitrogen and oxygen atoms in total. The fraction of sp³-hybridized carbons (Fsp3) is 0.200. The van der Waals surface area contributed by atoms with E-state index in [0.717, 1.165) is 0 Å². The lowest BCUT2D eigenvalue weighted by Crippen LogP contribution is -2.02. The van der Waals surface area contributed by atoms with Gasteiger partial charge in [0.1, 0.15) is 0 Å². The molecule has 1 aromatic carbocycles. The summed E-state index contributed by atoms with van der Waals surface area (Å²) in [6.07, 6.45) is -0.0809. The molecule has 5 heteroatoms. The van der Waals surface area contributed by atoms with E-state index in [1.54, 1.807) is 29.9 Å². The Morgan fingerprint density at radius 3 is 2.93 bits per heavy atom. The number of hydrogen-bond donors (Lipinski definition) is 2. The Labute approximate surface area is 84.9 Å². The van der Waals surface area contributed by atoms with Gasteiger partial charge < -0.3 is 5.11 Å². The Morgan fingerprint density at radius 2 is 2.27 bits per heavy atom. The highest BCUT2D eigenvalue weighted by molar-refractivity contribution is 5.85. The van der Waals surface area contributed by atoms with Gasteiger partial charge in [0.05, 0.1) is 17.3 Å². The smallest absolute Gasteiger partial charge is 0.307 e. The molecule has 1 heterocycles. The number of H-pyrrole nitrogens is 1. The lowest BCUT2D eigenvalue weighted by atomic mass is 10.1. The highest BCUT2D eigenvalue weighted by Gasteiger charge is 2.10. The van der Waals surface area contributed by atoms with E-state index in [9.17, 15) is 9.59 Å². The van der Waals surface area contributed by atoms with E-state index in [-0.39, 0.29) is 12.0 Å². The summed E-state index contributed by atoms with van der Waals surface area (Å²) >= 11 is 0. The van der Waals surface area contributed by atoms with Gasteiger partial charge in [-0.15, -0.1) is 0 Å². The van der Waals surface area contributed by atoms with Crippen LogP contribution in [0.1, 0.15) is 5.56 Å². The minimum atomic E-state index is -0.906. The number of hydrogen-bond acceptors (Lipinski definition) is 2. The van der Waals surface area contributed by atoms with E-state index in [1.807, 2.05) is 0 Å². The zero-order valence-electron chi connectivity index (χ0n) is 8.15. The molecule has 0 fully saturated rings. The molecule has 0 unspecified atom stereocenters. The van der Waals surface area contributed by atoms with Gasteiger partial charge in [-0.25, -0.2) is 0 Å². The van der Waals surface area contributed by atoms with Crippen LogP contribution >= 0.6 is 0 Å². The summed E-state index contributed by atoms with van der Waals surface area (Å²) in [6, 6.07) is 5.08. The maximum Gasteiger partial charge on any atom is 0.307 e. The normalized spacial score (nSPS) is 10.7. The van der Waals surface area contributed by atoms with Gasteiger partial charge in [0.15, 0.2) is 0 Å². The van der Waals surface area contributed by atoms with Crippen LogP contribution in [0.2, 0.25) is 0 Å². The molecular formula is C10H10N2O3. The Balaban J connectivity index is 2.75. The molecule has 0 radical (unpaired) electrons. The SMILES string of the molecule is Cn1[nH]c(=O)c2cccc(CC(=O)O)c21. The lowest BCUT2D eigenvalue weighted by Gasteiger charge is -2.01. The van der Waals surface area contributed by atoms with Crippen molar-refractivity contribution in [3.63, 3.8) is 0 Å². The largest absolute Gasteiger partial charge is 0.481 e. The molecular weight excluding hydrogens is 196 g/mol. The van der Waals surface area contributed by atoms with Crippen molar-refractivity contribution in [2.24, 2.45) is 7.05 Å². The summed E-state index contributed by atoms with van der Waals surface area (Å²) < 4.78 is 1.55. The van der Waals surface area contributed by atoms with Crippen molar-refractivity contribution in [1.29, 1.82) is 0 Å². The predicted octanol–water partition coefficient (Wildman–Crippen LogP) is 0.494.